The minimum absolute atomic E-state index is 0.337. The normalized spacial score (nSPS) is 13.7. The molecule has 2 aromatic heterocycles. The first-order valence-corrected chi connectivity index (χ1v) is 9.05. The molecule has 0 amide bonds. The fourth-order valence-corrected chi connectivity index (χ4v) is 4.26. The Kier molecular flexibility index (Phi) is 3.48. The molecular formula is C20H16N4O4. The van der Waals surface area contributed by atoms with Crippen LogP contribution >= 0.6 is 0 Å². The molecule has 0 radical (unpaired) electrons. The lowest BCUT2D eigenvalue weighted by Gasteiger charge is -2.15. The third kappa shape index (κ3) is 2.31. The van der Waals surface area contributed by atoms with E-state index < -0.39 is 0 Å². The van der Waals surface area contributed by atoms with Gasteiger partial charge in [-0.05, 0) is 47.9 Å². The molecule has 2 aliphatic carbocycles. The largest absolute Gasteiger partial charge is 0.270 e. The SMILES string of the molecule is O=c1[nH][nH]c(=O)c2c3ccc(c12)CCc1ccc(c2c(=O)[nH][nH]c(=O)c12)CC3. The average Bonchev–Trinajstić information content (AvgIpc) is 2.68. The van der Waals surface area contributed by atoms with Gasteiger partial charge in [0.1, 0.15) is 0 Å². The van der Waals surface area contributed by atoms with Gasteiger partial charge in [0, 0.05) is 0 Å². The van der Waals surface area contributed by atoms with Gasteiger partial charge in [-0.1, -0.05) is 24.3 Å². The van der Waals surface area contributed by atoms with E-state index in [0.29, 0.717) is 47.2 Å². The summed E-state index contributed by atoms with van der Waals surface area (Å²) in [5, 5.41) is 11.2. The molecule has 4 aromatic rings. The molecule has 8 nitrogen and oxygen atoms in total. The van der Waals surface area contributed by atoms with E-state index in [0.717, 1.165) is 22.3 Å². The maximum atomic E-state index is 12.5. The first kappa shape index (κ1) is 16.5. The highest BCUT2D eigenvalue weighted by atomic mass is 16.2. The highest BCUT2D eigenvalue weighted by Gasteiger charge is 2.18. The van der Waals surface area contributed by atoms with Gasteiger partial charge in [0.15, 0.2) is 0 Å². The van der Waals surface area contributed by atoms with Crippen LogP contribution in [0.1, 0.15) is 22.3 Å². The number of fused-ring (bicyclic) bond motifs is 4. The molecule has 0 saturated heterocycles. The van der Waals surface area contributed by atoms with E-state index in [1.165, 1.54) is 0 Å². The molecule has 140 valence electrons. The fourth-order valence-electron chi connectivity index (χ4n) is 4.26. The second-order valence-electron chi connectivity index (χ2n) is 7.08. The van der Waals surface area contributed by atoms with Crippen molar-refractivity contribution in [2.24, 2.45) is 0 Å². The molecule has 2 aromatic carbocycles. The van der Waals surface area contributed by atoms with Crippen molar-refractivity contribution in [2.45, 2.75) is 25.7 Å². The van der Waals surface area contributed by atoms with Crippen LogP contribution in [0.3, 0.4) is 0 Å². The highest BCUT2D eigenvalue weighted by Crippen LogP contribution is 2.25. The Morgan fingerprint density at radius 2 is 0.643 bits per heavy atom. The van der Waals surface area contributed by atoms with Gasteiger partial charge in [0.05, 0.1) is 21.5 Å². The van der Waals surface area contributed by atoms with Crippen LogP contribution in [-0.4, -0.2) is 20.4 Å². The molecule has 0 fully saturated rings. The van der Waals surface area contributed by atoms with Gasteiger partial charge >= 0.3 is 0 Å². The lowest BCUT2D eigenvalue weighted by atomic mass is 9.89. The zero-order chi connectivity index (χ0) is 19.4. The van der Waals surface area contributed by atoms with Crippen molar-refractivity contribution in [3.8, 4) is 0 Å². The maximum Gasteiger partial charge on any atom is 0.270 e. The summed E-state index contributed by atoms with van der Waals surface area (Å²) in [7, 11) is 0. The first-order valence-electron chi connectivity index (χ1n) is 9.05. The molecular weight excluding hydrogens is 360 g/mol. The quantitative estimate of drug-likeness (QED) is 0.358. The number of aromatic nitrogens is 4. The highest BCUT2D eigenvalue weighted by molar-refractivity contribution is 5.89. The Bertz CT molecular complexity index is 1280. The number of hydrogen-bond acceptors (Lipinski definition) is 4. The third-order valence-corrected chi connectivity index (χ3v) is 5.57. The standard InChI is InChI=1S/C20H16N4O4/c25-17-13-9-1-2-10(14(13)18(26)22-21-17)7-8-12-4-3-11(6-5-9)15-16(12)20(28)24-23-19(15)27/h1-4H,5-8H2,(H,21,25)(H,22,26)(H,23,27)(H,24,28). The Morgan fingerprint density at radius 3 is 0.857 bits per heavy atom. The summed E-state index contributed by atoms with van der Waals surface area (Å²) >= 11 is 0. The Labute approximate surface area is 156 Å². The second-order valence-corrected chi connectivity index (χ2v) is 7.08. The summed E-state index contributed by atoms with van der Waals surface area (Å²) in [5.41, 5.74) is 1.62. The number of H-pyrrole nitrogens is 4. The number of aromatic amines is 4. The van der Waals surface area contributed by atoms with Crippen LogP contribution in [0.2, 0.25) is 0 Å². The molecule has 0 atom stereocenters. The summed E-state index contributed by atoms with van der Waals surface area (Å²) in [6.45, 7) is 0. The van der Waals surface area contributed by atoms with Gasteiger partial charge in [0.2, 0.25) is 0 Å². The second kappa shape index (κ2) is 5.91. The molecule has 8 heteroatoms. The number of nitrogens with one attached hydrogen (secondary N) is 4. The number of aryl methyl sites for hydroxylation is 4. The molecule has 4 N–H and O–H groups in total. The monoisotopic (exact) mass is 376 g/mol. The van der Waals surface area contributed by atoms with Gasteiger partial charge < -0.3 is 0 Å². The molecule has 28 heavy (non-hydrogen) atoms. The molecule has 6 rings (SSSR count). The van der Waals surface area contributed by atoms with Crippen molar-refractivity contribution in [2.75, 3.05) is 0 Å². The minimum atomic E-state index is -0.337. The first-order chi connectivity index (χ1) is 13.5. The Balaban J connectivity index is 1.86. The smallest absolute Gasteiger partial charge is 0.267 e. The molecule has 0 saturated carbocycles. The lowest BCUT2D eigenvalue weighted by molar-refractivity contribution is 0.913. The molecule has 2 aliphatic rings. The zero-order valence-corrected chi connectivity index (χ0v) is 14.8. The lowest BCUT2D eigenvalue weighted by Crippen LogP contribution is -2.23. The zero-order valence-electron chi connectivity index (χ0n) is 14.8. The molecule has 0 aliphatic heterocycles. The van der Waals surface area contributed by atoms with Gasteiger partial charge in [-0.25, -0.2) is 0 Å². The van der Waals surface area contributed by atoms with E-state index in [-0.39, 0.29) is 22.2 Å². The summed E-state index contributed by atoms with van der Waals surface area (Å²) in [6, 6.07) is 7.50. The van der Waals surface area contributed by atoms with Crippen molar-refractivity contribution in [1.82, 2.24) is 20.4 Å². The molecule has 0 unspecified atom stereocenters. The molecule has 4 bridgehead atoms. The van der Waals surface area contributed by atoms with Crippen molar-refractivity contribution in [3.63, 3.8) is 0 Å². The number of rotatable bonds is 0. The average molecular weight is 376 g/mol. The van der Waals surface area contributed by atoms with Gasteiger partial charge in [-0.15, -0.1) is 0 Å². The molecule has 2 heterocycles. The molecule has 0 spiro atoms. The van der Waals surface area contributed by atoms with Gasteiger partial charge in [0.25, 0.3) is 22.2 Å². The third-order valence-electron chi connectivity index (χ3n) is 5.57. The van der Waals surface area contributed by atoms with Crippen molar-refractivity contribution >= 4 is 21.5 Å². The van der Waals surface area contributed by atoms with E-state index in [1.54, 1.807) is 0 Å². The van der Waals surface area contributed by atoms with E-state index in [4.69, 9.17) is 0 Å². The van der Waals surface area contributed by atoms with Crippen LogP contribution in [0.15, 0.2) is 43.4 Å². The summed E-state index contributed by atoms with van der Waals surface area (Å²) < 4.78 is 0. The maximum absolute atomic E-state index is 12.5. The summed E-state index contributed by atoms with van der Waals surface area (Å²) in [5.74, 6) is 0. The van der Waals surface area contributed by atoms with E-state index in [1.807, 2.05) is 24.3 Å². The number of benzene rings is 2. The van der Waals surface area contributed by atoms with E-state index in [9.17, 15) is 19.2 Å². The van der Waals surface area contributed by atoms with E-state index >= 15 is 0 Å². The van der Waals surface area contributed by atoms with Crippen LogP contribution in [0.4, 0.5) is 0 Å². The van der Waals surface area contributed by atoms with Crippen molar-refractivity contribution in [1.29, 1.82) is 0 Å². The van der Waals surface area contributed by atoms with Gasteiger partial charge in [-0.2, -0.15) is 0 Å². The van der Waals surface area contributed by atoms with E-state index in [2.05, 4.69) is 20.4 Å². The Hall–Kier alpha value is -3.68. The Morgan fingerprint density at radius 1 is 0.429 bits per heavy atom. The topological polar surface area (TPSA) is 131 Å². The van der Waals surface area contributed by atoms with Gasteiger partial charge in [-0.3, -0.25) is 39.6 Å². The van der Waals surface area contributed by atoms with Crippen LogP contribution in [0.25, 0.3) is 21.5 Å². The summed E-state index contributed by atoms with van der Waals surface area (Å²) in [4.78, 5) is 49.8. The number of hydrogen-bond donors (Lipinski definition) is 4. The summed E-state index contributed by atoms with van der Waals surface area (Å²) in [6.07, 6.45) is 1.85. The van der Waals surface area contributed by atoms with Crippen molar-refractivity contribution < 1.29 is 0 Å². The predicted octanol–water partition coefficient (Wildman–Crippen LogP) is 0.630. The predicted molar refractivity (Wildman–Crippen MR) is 105 cm³/mol. The van der Waals surface area contributed by atoms with Crippen molar-refractivity contribution in [3.05, 3.63) is 87.9 Å². The van der Waals surface area contributed by atoms with Crippen LogP contribution in [0.5, 0.6) is 0 Å². The fraction of sp³-hybridized carbons (Fsp3) is 0.200. The van der Waals surface area contributed by atoms with Crippen LogP contribution in [-0.2, 0) is 25.7 Å². The van der Waals surface area contributed by atoms with Crippen LogP contribution in [0, 0.1) is 0 Å². The van der Waals surface area contributed by atoms with Crippen LogP contribution < -0.4 is 22.2 Å². The minimum Gasteiger partial charge on any atom is -0.267 e.